The molecule has 4 heteroatoms. The molecule has 0 saturated heterocycles. The number of aryl methyl sites for hydroxylation is 1. The minimum absolute atomic E-state index is 0.174. The summed E-state index contributed by atoms with van der Waals surface area (Å²) in [6, 6.07) is 7.92. The lowest BCUT2D eigenvalue weighted by atomic mass is 9.99. The van der Waals surface area contributed by atoms with Crippen LogP contribution < -0.4 is 0 Å². The summed E-state index contributed by atoms with van der Waals surface area (Å²) < 4.78 is 2.04. The van der Waals surface area contributed by atoms with Gasteiger partial charge in [0, 0.05) is 37.6 Å². The molecule has 0 spiro atoms. The summed E-state index contributed by atoms with van der Waals surface area (Å²) >= 11 is 0. The van der Waals surface area contributed by atoms with E-state index in [1.54, 1.807) is 6.20 Å². The van der Waals surface area contributed by atoms with Gasteiger partial charge in [-0.25, -0.2) is 4.98 Å². The molecule has 1 aromatic heterocycles. The Morgan fingerprint density at radius 2 is 2.11 bits per heavy atom. The van der Waals surface area contributed by atoms with E-state index in [1.165, 1.54) is 5.56 Å². The maximum absolute atomic E-state index is 12.3. The van der Waals surface area contributed by atoms with Crippen LogP contribution in [0.3, 0.4) is 0 Å². The van der Waals surface area contributed by atoms with E-state index >= 15 is 0 Å². The second kappa shape index (κ2) is 5.26. The van der Waals surface area contributed by atoms with Crippen LogP contribution in [0, 0.1) is 0 Å². The molecule has 98 valence electrons. The van der Waals surface area contributed by atoms with Crippen molar-refractivity contribution in [3.63, 3.8) is 0 Å². The molecule has 1 aliphatic rings. The Balaban J connectivity index is 1.60. The first-order chi connectivity index (χ1) is 9.34. The van der Waals surface area contributed by atoms with Gasteiger partial charge in [-0.3, -0.25) is 4.79 Å². The maximum Gasteiger partial charge on any atom is 0.254 e. The number of hydrogen-bond acceptors (Lipinski definition) is 2. The van der Waals surface area contributed by atoms with E-state index in [2.05, 4.69) is 11.1 Å². The summed E-state index contributed by atoms with van der Waals surface area (Å²) in [7, 11) is 0. The molecule has 1 aliphatic heterocycles. The number of carbonyl (C=O) groups excluding carboxylic acids is 1. The summed E-state index contributed by atoms with van der Waals surface area (Å²) in [5.41, 5.74) is 2.05. The number of imidazole rings is 1. The van der Waals surface area contributed by atoms with E-state index < -0.39 is 0 Å². The van der Waals surface area contributed by atoms with Gasteiger partial charge in [0.05, 0.1) is 6.33 Å². The summed E-state index contributed by atoms with van der Waals surface area (Å²) in [6.07, 6.45) is 7.47. The largest absolute Gasteiger partial charge is 0.338 e. The Kier molecular flexibility index (Phi) is 3.31. The molecule has 1 aromatic carbocycles. The molecular formula is C15H17N3O. The minimum Gasteiger partial charge on any atom is -0.338 e. The van der Waals surface area contributed by atoms with E-state index in [1.807, 2.05) is 40.2 Å². The molecule has 19 heavy (non-hydrogen) atoms. The van der Waals surface area contributed by atoms with Crippen molar-refractivity contribution in [3.05, 3.63) is 54.1 Å². The maximum atomic E-state index is 12.3. The van der Waals surface area contributed by atoms with Crippen LogP contribution in [0.5, 0.6) is 0 Å². The third-order valence-corrected chi connectivity index (χ3v) is 3.59. The van der Waals surface area contributed by atoms with Crippen molar-refractivity contribution in [1.29, 1.82) is 0 Å². The fraction of sp³-hybridized carbons (Fsp3) is 0.333. The Hall–Kier alpha value is -2.10. The molecule has 0 fully saturated rings. The predicted molar refractivity (Wildman–Crippen MR) is 72.9 cm³/mol. The highest BCUT2D eigenvalue weighted by Gasteiger charge is 2.22. The van der Waals surface area contributed by atoms with Gasteiger partial charge in [0.1, 0.15) is 0 Å². The average molecular weight is 255 g/mol. The first-order valence-electron chi connectivity index (χ1n) is 6.67. The molecule has 0 bridgehead atoms. The van der Waals surface area contributed by atoms with Crippen molar-refractivity contribution in [1.82, 2.24) is 14.5 Å². The number of benzene rings is 1. The minimum atomic E-state index is 0.174. The molecule has 1 amide bonds. The summed E-state index contributed by atoms with van der Waals surface area (Å²) in [5, 5.41) is 0. The molecule has 0 saturated carbocycles. The zero-order valence-corrected chi connectivity index (χ0v) is 10.8. The van der Waals surface area contributed by atoms with Crippen molar-refractivity contribution < 1.29 is 4.79 Å². The van der Waals surface area contributed by atoms with E-state index in [-0.39, 0.29) is 5.91 Å². The zero-order chi connectivity index (χ0) is 13.1. The van der Waals surface area contributed by atoms with E-state index in [9.17, 15) is 4.79 Å². The standard InChI is InChI=1S/C15H17N3O/c19-15-14-5-2-1-4-13(14)6-10-18(15)9-3-8-17-11-7-16-12-17/h1-2,4-5,7,11-12H,3,6,8-10H2. The molecule has 2 aromatic rings. The molecule has 0 atom stereocenters. The van der Waals surface area contributed by atoms with Gasteiger partial charge in [0.15, 0.2) is 0 Å². The number of aromatic nitrogens is 2. The van der Waals surface area contributed by atoms with Crippen LogP contribution in [0.15, 0.2) is 43.0 Å². The van der Waals surface area contributed by atoms with Gasteiger partial charge in [-0.05, 0) is 24.5 Å². The third-order valence-electron chi connectivity index (χ3n) is 3.59. The molecule has 2 heterocycles. The van der Waals surface area contributed by atoms with Gasteiger partial charge in [0.2, 0.25) is 0 Å². The monoisotopic (exact) mass is 255 g/mol. The number of carbonyl (C=O) groups is 1. The van der Waals surface area contributed by atoms with Crippen LogP contribution in [0.4, 0.5) is 0 Å². The second-order valence-electron chi connectivity index (χ2n) is 4.85. The summed E-state index contributed by atoms with van der Waals surface area (Å²) in [5.74, 6) is 0.174. The van der Waals surface area contributed by atoms with Gasteiger partial charge in [-0.2, -0.15) is 0 Å². The SMILES string of the molecule is O=C1c2ccccc2CCN1CCCn1ccnc1. The lowest BCUT2D eigenvalue weighted by molar-refractivity contribution is 0.0736. The van der Waals surface area contributed by atoms with Crippen LogP contribution in [-0.4, -0.2) is 33.4 Å². The molecule has 4 nitrogen and oxygen atoms in total. The van der Waals surface area contributed by atoms with Gasteiger partial charge >= 0.3 is 0 Å². The normalized spacial score (nSPS) is 14.5. The first kappa shape index (κ1) is 12.0. The Bertz CT molecular complexity index is 563. The number of fused-ring (bicyclic) bond motifs is 1. The highest BCUT2D eigenvalue weighted by Crippen LogP contribution is 2.18. The molecule has 0 aliphatic carbocycles. The number of hydrogen-bond donors (Lipinski definition) is 0. The van der Waals surface area contributed by atoms with Crippen LogP contribution in [0.1, 0.15) is 22.3 Å². The Morgan fingerprint density at radius 1 is 1.21 bits per heavy atom. The summed E-state index contributed by atoms with van der Waals surface area (Å²) in [4.78, 5) is 18.3. The highest BCUT2D eigenvalue weighted by atomic mass is 16.2. The van der Waals surface area contributed by atoms with Crippen molar-refractivity contribution in [2.45, 2.75) is 19.4 Å². The van der Waals surface area contributed by atoms with E-state index in [0.29, 0.717) is 0 Å². The molecular weight excluding hydrogens is 238 g/mol. The summed E-state index contributed by atoms with van der Waals surface area (Å²) in [6.45, 7) is 2.55. The highest BCUT2D eigenvalue weighted by molar-refractivity contribution is 5.96. The molecule has 0 radical (unpaired) electrons. The number of nitrogens with zero attached hydrogens (tertiary/aromatic N) is 3. The van der Waals surface area contributed by atoms with E-state index in [0.717, 1.165) is 38.0 Å². The van der Waals surface area contributed by atoms with Gasteiger partial charge in [-0.1, -0.05) is 18.2 Å². The first-order valence-corrected chi connectivity index (χ1v) is 6.67. The zero-order valence-electron chi connectivity index (χ0n) is 10.8. The van der Waals surface area contributed by atoms with Crippen molar-refractivity contribution in [2.24, 2.45) is 0 Å². The fourth-order valence-electron chi connectivity index (χ4n) is 2.55. The van der Waals surface area contributed by atoms with Crippen LogP contribution in [0.2, 0.25) is 0 Å². The van der Waals surface area contributed by atoms with Crippen molar-refractivity contribution in [2.75, 3.05) is 13.1 Å². The molecule has 0 N–H and O–H groups in total. The molecule has 0 unspecified atom stereocenters. The van der Waals surface area contributed by atoms with Gasteiger partial charge in [0.25, 0.3) is 5.91 Å². The molecule has 3 rings (SSSR count). The van der Waals surface area contributed by atoms with Crippen molar-refractivity contribution >= 4 is 5.91 Å². The van der Waals surface area contributed by atoms with Gasteiger partial charge < -0.3 is 9.47 Å². The number of rotatable bonds is 4. The smallest absolute Gasteiger partial charge is 0.254 e. The lowest BCUT2D eigenvalue weighted by Crippen LogP contribution is -2.38. The van der Waals surface area contributed by atoms with Crippen LogP contribution >= 0.6 is 0 Å². The topological polar surface area (TPSA) is 38.1 Å². The fourth-order valence-corrected chi connectivity index (χ4v) is 2.55. The third kappa shape index (κ3) is 2.52. The van der Waals surface area contributed by atoms with Gasteiger partial charge in [-0.15, -0.1) is 0 Å². The second-order valence-corrected chi connectivity index (χ2v) is 4.85. The lowest BCUT2D eigenvalue weighted by Gasteiger charge is -2.28. The van der Waals surface area contributed by atoms with Crippen LogP contribution in [-0.2, 0) is 13.0 Å². The Morgan fingerprint density at radius 3 is 2.95 bits per heavy atom. The average Bonchev–Trinajstić information content (AvgIpc) is 2.95. The Labute approximate surface area is 112 Å². The van der Waals surface area contributed by atoms with E-state index in [4.69, 9.17) is 0 Å². The van der Waals surface area contributed by atoms with Crippen molar-refractivity contribution in [3.8, 4) is 0 Å². The van der Waals surface area contributed by atoms with Crippen LogP contribution in [0.25, 0.3) is 0 Å². The number of amides is 1. The predicted octanol–water partition coefficient (Wildman–Crippen LogP) is 1.97. The quantitative estimate of drug-likeness (QED) is 0.837.